The van der Waals surface area contributed by atoms with Gasteiger partial charge < -0.3 is 9.64 Å². The van der Waals surface area contributed by atoms with Gasteiger partial charge in [0.25, 0.3) is 6.43 Å². The number of halogens is 5. The Morgan fingerprint density at radius 3 is 2.71 bits per heavy atom. The minimum Gasteiger partial charge on any atom is -0.369 e. The smallest absolute Gasteiger partial charge is 0.369 e. The number of imidazole rings is 1. The van der Waals surface area contributed by atoms with Gasteiger partial charge in [-0.15, -0.1) is 0 Å². The summed E-state index contributed by atoms with van der Waals surface area (Å²) in [5.41, 5.74) is -0.258. The molecule has 1 unspecified atom stereocenters. The van der Waals surface area contributed by atoms with Crippen LogP contribution in [0.4, 0.5) is 27.8 Å². The standard InChI is InChI=1S/C17H14F5N5O/c18-15(19)12-9-26(5-6-28-12)14-3-4-23-16(25-14)11-7-24-13-2-1-10(8-27(11)13)17(20,21)22/h1-4,7-8,12,15H,5-6,9H2. The maximum absolute atomic E-state index is 13.0. The van der Waals surface area contributed by atoms with Crippen molar-refractivity contribution in [3.8, 4) is 11.5 Å². The van der Waals surface area contributed by atoms with Crippen LogP contribution in [0.15, 0.2) is 36.8 Å². The quantitative estimate of drug-likeness (QED) is 0.633. The monoisotopic (exact) mass is 399 g/mol. The van der Waals surface area contributed by atoms with Crippen molar-refractivity contribution in [3.05, 3.63) is 42.4 Å². The number of hydrogen-bond acceptors (Lipinski definition) is 5. The van der Waals surface area contributed by atoms with E-state index in [0.29, 0.717) is 18.0 Å². The molecule has 0 N–H and O–H groups in total. The lowest BCUT2D eigenvalue weighted by Gasteiger charge is -2.33. The Labute approximate surface area is 155 Å². The lowest BCUT2D eigenvalue weighted by molar-refractivity contribution is -0.137. The lowest BCUT2D eigenvalue weighted by atomic mass is 10.2. The Balaban J connectivity index is 1.70. The van der Waals surface area contributed by atoms with E-state index in [1.807, 2.05) is 0 Å². The first-order valence-electron chi connectivity index (χ1n) is 8.35. The second-order valence-electron chi connectivity index (χ2n) is 6.22. The molecule has 148 valence electrons. The molecule has 4 heterocycles. The first-order valence-corrected chi connectivity index (χ1v) is 8.35. The number of hydrogen-bond donors (Lipinski definition) is 0. The summed E-state index contributed by atoms with van der Waals surface area (Å²) in [5, 5.41) is 0. The van der Waals surface area contributed by atoms with E-state index in [-0.39, 0.29) is 24.7 Å². The van der Waals surface area contributed by atoms with E-state index in [2.05, 4.69) is 15.0 Å². The molecule has 3 aromatic rings. The summed E-state index contributed by atoms with van der Waals surface area (Å²) in [4.78, 5) is 14.2. The molecule has 0 spiro atoms. The fourth-order valence-corrected chi connectivity index (χ4v) is 3.00. The molecular formula is C17H14F5N5O. The number of anilines is 1. The molecule has 0 aromatic carbocycles. The normalized spacial score (nSPS) is 18.2. The van der Waals surface area contributed by atoms with Gasteiger partial charge in [0.1, 0.15) is 23.3 Å². The number of alkyl halides is 5. The van der Waals surface area contributed by atoms with Crippen molar-refractivity contribution in [3.63, 3.8) is 0 Å². The van der Waals surface area contributed by atoms with Crippen molar-refractivity contribution < 1.29 is 26.7 Å². The third-order valence-electron chi connectivity index (χ3n) is 4.40. The third-order valence-corrected chi connectivity index (χ3v) is 4.40. The van der Waals surface area contributed by atoms with E-state index < -0.39 is 24.3 Å². The van der Waals surface area contributed by atoms with Crippen molar-refractivity contribution in [2.75, 3.05) is 24.6 Å². The largest absolute Gasteiger partial charge is 0.417 e. The van der Waals surface area contributed by atoms with Crippen LogP contribution >= 0.6 is 0 Å². The Hall–Kier alpha value is -2.82. The summed E-state index contributed by atoms with van der Waals surface area (Å²) < 4.78 is 71.2. The highest BCUT2D eigenvalue weighted by Crippen LogP contribution is 2.30. The average Bonchev–Trinajstić information content (AvgIpc) is 3.11. The molecule has 6 nitrogen and oxygen atoms in total. The van der Waals surface area contributed by atoms with Crippen molar-refractivity contribution in [1.82, 2.24) is 19.4 Å². The fourth-order valence-electron chi connectivity index (χ4n) is 3.00. The van der Waals surface area contributed by atoms with Crippen LogP contribution in [-0.2, 0) is 10.9 Å². The van der Waals surface area contributed by atoms with Crippen molar-refractivity contribution in [2.45, 2.75) is 18.7 Å². The van der Waals surface area contributed by atoms with Crippen LogP contribution < -0.4 is 4.90 Å². The van der Waals surface area contributed by atoms with Gasteiger partial charge in [-0.25, -0.2) is 23.7 Å². The number of ether oxygens (including phenoxy) is 1. The minimum absolute atomic E-state index is 0.0422. The topological polar surface area (TPSA) is 55.6 Å². The predicted molar refractivity (Wildman–Crippen MR) is 89.2 cm³/mol. The van der Waals surface area contributed by atoms with E-state index in [4.69, 9.17) is 4.74 Å². The zero-order chi connectivity index (χ0) is 19.9. The van der Waals surface area contributed by atoms with Crippen molar-refractivity contribution in [2.24, 2.45) is 0 Å². The van der Waals surface area contributed by atoms with Gasteiger partial charge >= 0.3 is 6.18 Å². The molecular weight excluding hydrogens is 385 g/mol. The summed E-state index contributed by atoms with van der Waals surface area (Å²) in [7, 11) is 0. The van der Waals surface area contributed by atoms with Crippen LogP contribution in [0.25, 0.3) is 17.2 Å². The molecule has 1 saturated heterocycles. The summed E-state index contributed by atoms with van der Waals surface area (Å²) in [6.45, 7) is 0.448. The lowest BCUT2D eigenvalue weighted by Crippen LogP contribution is -2.46. The highest BCUT2D eigenvalue weighted by Gasteiger charge is 2.31. The van der Waals surface area contributed by atoms with E-state index in [1.165, 1.54) is 22.9 Å². The summed E-state index contributed by atoms with van der Waals surface area (Å²) in [5.74, 6) is 0.533. The van der Waals surface area contributed by atoms with Gasteiger partial charge in [0, 0.05) is 18.9 Å². The van der Waals surface area contributed by atoms with Crippen LogP contribution in [0, 0.1) is 0 Å². The number of nitrogens with zero attached hydrogens (tertiary/aromatic N) is 5. The first kappa shape index (κ1) is 18.5. The van der Waals surface area contributed by atoms with Crippen LogP contribution in [0.5, 0.6) is 0 Å². The van der Waals surface area contributed by atoms with Crippen molar-refractivity contribution in [1.29, 1.82) is 0 Å². The maximum atomic E-state index is 13.0. The van der Waals surface area contributed by atoms with Crippen molar-refractivity contribution >= 4 is 11.5 Å². The summed E-state index contributed by atoms with van der Waals surface area (Å²) >= 11 is 0. The number of morpholine rings is 1. The molecule has 4 rings (SSSR count). The maximum Gasteiger partial charge on any atom is 0.417 e. The SMILES string of the molecule is FC(F)C1CN(c2ccnc(-c3cnc4ccc(C(F)(F)F)cn34)n2)CCO1. The number of rotatable bonds is 3. The zero-order valence-electron chi connectivity index (χ0n) is 14.3. The molecule has 0 radical (unpaired) electrons. The fraction of sp³-hybridized carbons (Fsp3) is 0.353. The Kier molecular flexibility index (Phi) is 4.61. The average molecular weight is 399 g/mol. The van der Waals surface area contributed by atoms with Gasteiger partial charge in [-0.3, -0.25) is 4.40 Å². The number of aromatic nitrogens is 4. The summed E-state index contributed by atoms with van der Waals surface area (Å²) in [6, 6.07) is 3.76. The third kappa shape index (κ3) is 3.49. The molecule has 0 bridgehead atoms. The van der Waals surface area contributed by atoms with Crippen LogP contribution in [0.1, 0.15) is 5.56 Å². The molecule has 0 aliphatic carbocycles. The molecule has 1 aliphatic rings. The second-order valence-corrected chi connectivity index (χ2v) is 6.22. The zero-order valence-corrected chi connectivity index (χ0v) is 14.3. The van der Waals surface area contributed by atoms with Gasteiger partial charge in [0.15, 0.2) is 5.82 Å². The highest BCUT2D eigenvalue weighted by atomic mass is 19.4. The second kappa shape index (κ2) is 6.97. The molecule has 1 aliphatic heterocycles. The van der Waals surface area contributed by atoms with Gasteiger partial charge in [0.2, 0.25) is 0 Å². The van der Waals surface area contributed by atoms with Crippen LogP contribution in [-0.4, -0.2) is 51.6 Å². The Morgan fingerprint density at radius 2 is 1.96 bits per heavy atom. The summed E-state index contributed by atoms with van der Waals surface area (Å²) in [6.07, 6.45) is -4.62. The predicted octanol–water partition coefficient (Wildman–Crippen LogP) is 3.28. The van der Waals surface area contributed by atoms with E-state index in [9.17, 15) is 22.0 Å². The first-order chi connectivity index (χ1) is 13.3. The van der Waals surface area contributed by atoms with Gasteiger partial charge in [-0.1, -0.05) is 0 Å². The Bertz CT molecular complexity index is 989. The molecule has 1 fully saturated rings. The Morgan fingerprint density at radius 1 is 1.14 bits per heavy atom. The van der Waals surface area contributed by atoms with E-state index in [1.54, 1.807) is 11.0 Å². The molecule has 0 amide bonds. The van der Waals surface area contributed by atoms with Crippen LogP contribution in [0.2, 0.25) is 0 Å². The van der Waals surface area contributed by atoms with Crippen LogP contribution in [0.3, 0.4) is 0 Å². The van der Waals surface area contributed by atoms with E-state index in [0.717, 1.165) is 12.3 Å². The molecule has 11 heteroatoms. The highest BCUT2D eigenvalue weighted by molar-refractivity contribution is 5.59. The number of fused-ring (bicyclic) bond motifs is 1. The van der Waals surface area contributed by atoms with E-state index >= 15 is 0 Å². The molecule has 28 heavy (non-hydrogen) atoms. The molecule has 3 aromatic heterocycles. The van der Waals surface area contributed by atoms with Gasteiger partial charge in [-0.05, 0) is 18.2 Å². The minimum atomic E-state index is -4.50. The number of pyridine rings is 1. The molecule has 0 saturated carbocycles. The van der Waals surface area contributed by atoms with Gasteiger partial charge in [0.05, 0.1) is 24.9 Å². The van der Waals surface area contributed by atoms with Gasteiger partial charge in [-0.2, -0.15) is 13.2 Å². The molecule has 1 atom stereocenters.